The number of H-pyrrole nitrogens is 1. The largest absolute Gasteiger partial charge is 0.356 e. The van der Waals surface area contributed by atoms with Gasteiger partial charge in [0, 0.05) is 37.9 Å². The molecule has 0 atom stereocenters. The van der Waals surface area contributed by atoms with Crippen LogP contribution in [0, 0.1) is 6.92 Å². The SMILES string of the molecule is CCc1ccc(S(=O)(=O)NC2CCN(c3ncnc4[nH]c(-c5cn(C)nc5C)cc34)CC2)cc1. The number of fused-ring (bicyclic) bond motifs is 1. The Bertz CT molecular complexity index is 1420. The van der Waals surface area contributed by atoms with Gasteiger partial charge in [0.15, 0.2) is 0 Å². The minimum atomic E-state index is -3.54. The van der Waals surface area contributed by atoms with Gasteiger partial charge in [0.25, 0.3) is 0 Å². The topological polar surface area (TPSA) is 109 Å². The summed E-state index contributed by atoms with van der Waals surface area (Å²) in [6.07, 6.45) is 5.85. The fourth-order valence-electron chi connectivity index (χ4n) is 4.59. The van der Waals surface area contributed by atoms with Crippen molar-refractivity contribution >= 4 is 26.9 Å². The summed E-state index contributed by atoms with van der Waals surface area (Å²) >= 11 is 0. The summed E-state index contributed by atoms with van der Waals surface area (Å²) in [4.78, 5) is 14.9. The third-order valence-corrected chi connectivity index (χ3v) is 8.00. The highest BCUT2D eigenvalue weighted by molar-refractivity contribution is 7.89. The molecule has 0 aliphatic carbocycles. The van der Waals surface area contributed by atoms with Crippen LogP contribution in [0.25, 0.3) is 22.3 Å². The molecule has 0 bridgehead atoms. The van der Waals surface area contributed by atoms with Crippen LogP contribution >= 0.6 is 0 Å². The van der Waals surface area contributed by atoms with E-state index in [4.69, 9.17) is 0 Å². The van der Waals surface area contributed by atoms with Crippen LogP contribution in [0.4, 0.5) is 5.82 Å². The van der Waals surface area contributed by atoms with Crippen molar-refractivity contribution in [3.8, 4) is 11.3 Å². The van der Waals surface area contributed by atoms with Gasteiger partial charge in [-0.15, -0.1) is 0 Å². The second kappa shape index (κ2) is 8.84. The Balaban J connectivity index is 1.30. The molecule has 1 aliphatic heterocycles. The van der Waals surface area contributed by atoms with Gasteiger partial charge >= 0.3 is 0 Å². The van der Waals surface area contributed by atoms with Crippen molar-refractivity contribution in [1.29, 1.82) is 0 Å². The van der Waals surface area contributed by atoms with E-state index < -0.39 is 10.0 Å². The molecule has 0 radical (unpaired) electrons. The molecule has 1 fully saturated rings. The first kappa shape index (κ1) is 22.5. The van der Waals surface area contributed by atoms with E-state index in [2.05, 4.69) is 42.7 Å². The summed E-state index contributed by atoms with van der Waals surface area (Å²) < 4.78 is 30.4. The normalized spacial score (nSPS) is 15.3. The zero-order valence-corrected chi connectivity index (χ0v) is 20.4. The lowest BCUT2D eigenvalue weighted by atomic mass is 10.1. The van der Waals surface area contributed by atoms with Gasteiger partial charge in [-0.3, -0.25) is 4.68 Å². The van der Waals surface area contributed by atoms with Crippen LogP contribution in [0.3, 0.4) is 0 Å². The van der Waals surface area contributed by atoms with Crippen molar-refractivity contribution < 1.29 is 8.42 Å². The highest BCUT2D eigenvalue weighted by Crippen LogP contribution is 2.31. The summed E-state index contributed by atoms with van der Waals surface area (Å²) in [7, 11) is -1.63. The second-order valence-corrected chi connectivity index (χ2v) is 10.5. The fraction of sp³-hybridized carbons (Fsp3) is 0.375. The third-order valence-electron chi connectivity index (χ3n) is 6.47. The van der Waals surface area contributed by atoms with Crippen molar-refractivity contribution in [2.24, 2.45) is 7.05 Å². The first-order valence-corrected chi connectivity index (χ1v) is 13.0. The Labute approximate surface area is 199 Å². The molecule has 3 aromatic heterocycles. The molecule has 0 saturated carbocycles. The zero-order valence-electron chi connectivity index (χ0n) is 19.6. The van der Waals surface area contributed by atoms with Crippen LogP contribution in [0.2, 0.25) is 0 Å². The van der Waals surface area contributed by atoms with E-state index in [0.29, 0.717) is 30.8 Å². The van der Waals surface area contributed by atoms with Crippen molar-refractivity contribution in [3.05, 3.63) is 54.1 Å². The van der Waals surface area contributed by atoms with E-state index in [0.717, 1.165) is 45.8 Å². The van der Waals surface area contributed by atoms with Gasteiger partial charge in [-0.1, -0.05) is 19.1 Å². The summed E-state index contributed by atoms with van der Waals surface area (Å²) in [6, 6.07) is 9.07. The lowest BCUT2D eigenvalue weighted by molar-refractivity contribution is 0.459. The maximum Gasteiger partial charge on any atom is 0.240 e. The molecule has 2 N–H and O–H groups in total. The molecule has 0 spiro atoms. The van der Waals surface area contributed by atoms with Crippen molar-refractivity contribution in [1.82, 2.24) is 29.5 Å². The number of aromatic amines is 1. The van der Waals surface area contributed by atoms with E-state index in [9.17, 15) is 8.42 Å². The van der Waals surface area contributed by atoms with Crippen LogP contribution in [0.5, 0.6) is 0 Å². The average molecular weight is 480 g/mol. The standard InChI is InChI=1S/C24H29N7O2S/c1-4-17-5-7-19(8-6-17)34(32,33)29-18-9-11-31(12-10-18)24-20-13-22(27-23(20)25-15-26-24)21-14-30(3)28-16(21)2/h5-8,13-15,18,29H,4,9-12H2,1-3H3,(H,25,26,27). The number of anilines is 1. The molecular formula is C24H29N7O2S. The van der Waals surface area contributed by atoms with E-state index >= 15 is 0 Å². The van der Waals surface area contributed by atoms with E-state index in [1.165, 1.54) is 0 Å². The number of aromatic nitrogens is 5. The average Bonchev–Trinajstić information content (AvgIpc) is 3.41. The minimum Gasteiger partial charge on any atom is -0.356 e. The molecule has 9 nitrogen and oxygen atoms in total. The summed E-state index contributed by atoms with van der Waals surface area (Å²) in [5, 5.41) is 5.39. The van der Waals surface area contributed by atoms with Crippen LogP contribution in [0.1, 0.15) is 31.0 Å². The van der Waals surface area contributed by atoms with Crippen LogP contribution in [-0.4, -0.2) is 52.3 Å². The lowest BCUT2D eigenvalue weighted by Gasteiger charge is -2.33. The number of aryl methyl sites for hydroxylation is 3. The van der Waals surface area contributed by atoms with Crippen molar-refractivity contribution in [3.63, 3.8) is 0 Å². The van der Waals surface area contributed by atoms with Crippen LogP contribution in [0.15, 0.2) is 47.8 Å². The Morgan fingerprint density at radius 3 is 2.53 bits per heavy atom. The molecular weight excluding hydrogens is 450 g/mol. The molecule has 10 heteroatoms. The molecule has 178 valence electrons. The quantitative estimate of drug-likeness (QED) is 0.440. The monoisotopic (exact) mass is 479 g/mol. The maximum atomic E-state index is 12.8. The van der Waals surface area contributed by atoms with Gasteiger partial charge in [0.05, 0.1) is 21.7 Å². The van der Waals surface area contributed by atoms with Gasteiger partial charge in [0.2, 0.25) is 10.0 Å². The Morgan fingerprint density at radius 1 is 1.15 bits per heavy atom. The molecule has 1 aromatic carbocycles. The molecule has 4 aromatic rings. The number of piperidine rings is 1. The number of rotatable bonds is 6. The molecule has 0 amide bonds. The van der Waals surface area contributed by atoms with Crippen molar-refractivity contribution in [2.45, 2.75) is 44.0 Å². The molecule has 5 rings (SSSR count). The molecule has 0 unspecified atom stereocenters. The Hall–Kier alpha value is -3.24. The number of nitrogens with zero attached hydrogens (tertiary/aromatic N) is 5. The predicted octanol–water partition coefficient (Wildman–Crippen LogP) is 3.18. The molecule has 1 aliphatic rings. The molecule has 1 saturated heterocycles. The molecule has 34 heavy (non-hydrogen) atoms. The van der Waals surface area contributed by atoms with Gasteiger partial charge < -0.3 is 9.88 Å². The van der Waals surface area contributed by atoms with Gasteiger partial charge in [-0.05, 0) is 49.9 Å². The van der Waals surface area contributed by atoms with E-state index in [1.807, 2.05) is 32.3 Å². The van der Waals surface area contributed by atoms with Crippen molar-refractivity contribution in [2.75, 3.05) is 18.0 Å². The number of hydrogen-bond acceptors (Lipinski definition) is 6. The first-order chi connectivity index (χ1) is 16.3. The maximum absolute atomic E-state index is 12.8. The van der Waals surface area contributed by atoms with E-state index in [-0.39, 0.29) is 6.04 Å². The van der Waals surface area contributed by atoms with Gasteiger partial charge in [-0.2, -0.15) is 5.10 Å². The predicted molar refractivity (Wildman–Crippen MR) is 132 cm³/mol. The summed E-state index contributed by atoms with van der Waals surface area (Å²) in [5.74, 6) is 0.866. The smallest absolute Gasteiger partial charge is 0.240 e. The first-order valence-electron chi connectivity index (χ1n) is 11.5. The number of nitrogens with one attached hydrogen (secondary N) is 2. The zero-order chi connectivity index (χ0) is 23.9. The number of hydrogen-bond donors (Lipinski definition) is 2. The van der Waals surface area contributed by atoms with Crippen LogP contribution in [-0.2, 0) is 23.5 Å². The van der Waals surface area contributed by atoms with Crippen LogP contribution < -0.4 is 9.62 Å². The highest BCUT2D eigenvalue weighted by Gasteiger charge is 2.26. The summed E-state index contributed by atoms with van der Waals surface area (Å²) in [6.45, 7) is 5.45. The molecule has 4 heterocycles. The minimum absolute atomic E-state index is 0.107. The second-order valence-electron chi connectivity index (χ2n) is 8.82. The number of sulfonamides is 1. The highest BCUT2D eigenvalue weighted by atomic mass is 32.2. The van der Waals surface area contributed by atoms with E-state index in [1.54, 1.807) is 23.1 Å². The van der Waals surface area contributed by atoms with Gasteiger partial charge in [-0.25, -0.2) is 23.1 Å². The number of benzene rings is 1. The third kappa shape index (κ3) is 4.30. The lowest BCUT2D eigenvalue weighted by Crippen LogP contribution is -2.44. The Kier molecular flexibility index (Phi) is 5.86. The fourth-order valence-corrected chi connectivity index (χ4v) is 5.89. The summed E-state index contributed by atoms with van der Waals surface area (Å²) in [5.41, 5.74) is 4.84. The Morgan fingerprint density at radius 2 is 1.88 bits per heavy atom. The van der Waals surface area contributed by atoms with Gasteiger partial charge in [0.1, 0.15) is 17.8 Å².